The summed E-state index contributed by atoms with van der Waals surface area (Å²) in [6.07, 6.45) is 2.60. The van der Waals surface area contributed by atoms with Crippen LogP contribution in [0.3, 0.4) is 0 Å². The average molecular weight is 643 g/mol. The number of aliphatic hydroxyl groups is 1. The topological polar surface area (TPSA) is 112 Å². The molecule has 8 nitrogen and oxygen atoms in total. The highest BCUT2D eigenvalue weighted by atomic mass is 35.5. The van der Waals surface area contributed by atoms with Crippen LogP contribution in [-0.2, 0) is 0 Å². The second-order valence-electron chi connectivity index (χ2n) is 12.3. The number of benzene rings is 2. The third-order valence-corrected chi connectivity index (χ3v) is 10.9. The lowest BCUT2D eigenvalue weighted by Gasteiger charge is -2.35. The van der Waals surface area contributed by atoms with E-state index in [4.69, 9.17) is 27.1 Å². The zero-order valence-electron chi connectivity index (χ0n) is 24.0. The van der Waals surface area contributed by atoms with Gasteiger partial charge in [0.2, 0.25) is 0 Å². The number of alkyl halides is 1. The molecule has 0 bridgehead atoms. The molecule has 3 aliphatic rings. The summed E-state index contributed by atoms with van der Waals surface area (Å²) >= 11 is 7.70. The normalized spacial score (nSPS) is 25.3. The molecule has 0 aliphatic carbocycles. The summed E-state index contributed by atoms with van der Waals surface area (Å²) in [4.78, 5) is 13.3. The second kappa shape index (κ2) is 10.6. The standard InChI is InChI=1S/C31H30ClF3N6O2S/c1-30(14-42)6-2-9-41(30)28-18-10-20(32)23(17-4-5-21(34)26-22(17)19(12-36)27(37)44-26)24(35)25(18)38-29(39-28)43-15-31-7-3-8-40(31)13-16(33)11-31/h4-5,10,16,42H,2-3,6-9,11,13-15,37H2,1H3/t16-,30+,31+/m1/s1. The third kappa shape index (κ3) is 4.39. The van der Waals surface area contributed by atoms with Gasteiger partial charge in [0, 0.05) is 35.8 Å². The van der Waals surface area contributed by atoms with Gasteiger partial charge < -0.3 is 20.5 Å². The van der Waals surface area contributed by atoms with E-state index in [1.54, 1.807) is 6.07 Å². The highest BCUT2D eigenvalue weighted by Crippen LogP contribution is 2.47. The lowest BCUT2D eigenvalue weighted by atomic mass is 9.95. The molecule has 0 saturated carbocycles. The molecule has 3 atom stereocenters. The fourth-order valence-corrected chi connectivity index (χ4v) is 8.63. The number of nitrogens with two attached hydrogens (primary N) is 1. The quantitative estimate of drug-likeness (QED) is 0.256. The van der Waals surface area contributed by atoms with Crippen molar-refractivity contribution in [2.45, 2.75) is 56.3 Å². The number of aliphatic hydroxyl groups excluding tert-OH is 1. The fraction of sp³-hybridized carbons (Fsp3) is 0.452. The van der Waals surface area contributed by atoms with Crippen molar-refractivity contribution in [1.29, 1.82) is 5.26 Å². The van der Waals surface area contributed by atoms with Crippen LogP contribution in [0.25, 0.3) is 32.1 Å². The van der Waals surface area contributed by atoms with E-state index >= 15 is 4.39 Å². The molecule has 3 aliphatic heterocycles. The number of nitriles is 1. The highest BCUT2D eigenvalue weighted by molar-refractivity contribution is 7.23. The predicted molar refractivity (Wildman–Crippen MR) is 165 cm³/mol. The molecule has 3 N–H and O–H groups in total. The van der Waals surface area contributed by atoms with E-state index in [0.717, 1.165) is 37.1 Å². The second-order valence-corrected chi connectivity index (χ2v) is 13.8. The van der Waals surface area contributed by atoms with Gasteiger partial charge in [-0.3, -0.25) is 4.90 Å². The number of hydrogen-bond acceptors (Lipinski definition) is 9. The van der Waals surface area contributed by atoms with Gasteiger partial charge in [-0.2, -0.15) is 15.2 Å². The molecule has 13 heteroatoms. The van der Waals surface area contributed by atoms with Crippen LogP contribution in [0, 0.1) is 23.0 Å². The van der Waals surface area contributed by atoms with E-state index in [1.165, 1.54) is 12.1 Å². The summed E-state index contributed by atoms with van der Waals surface area (Å²) in [6.45, 7) is 3.62. The number of hydrogen-bond donors (Lipinski definition) is 2. The maximum Gasteiger partial charge on any atom is 0.319 e. The van der Waals surface area contributed by atoms with Gasteiger partial charge >= 0.3 is 6.01 Å². The molecule has 0 amide bonds. The Bertz CT molecular complexity index is 1870. The van der Waals surface area contributed by atoms with E-state index < -0.39 is 28.9 Å². The van der Waals surface area contributed by atoms with Crippen LogP contribution in [0.1, 0.15) is 44.6 Å². The fourth-order valence-electron chi connectivity index (χ4n) is 7.38. The largest absolute Gasteiger partial charge is 0.461 e. The number of nitrogen functional groups attached to an aromatic ring is 1. The molecule has 230 valence electrons. The maximum absolute atomic E-state index is 16.9. The van der Waals surface area contributed by atoms with Gasteiger partial charge in [-0.1, -0.05) is 17.7 Å². The number of anilines is 2. The zero-order chi connectivity index (χ0) is 31.0. The van der Waals surface area contributed by atoms with Crippen molar-refractivity contribution in [2.24, 2.45) is 0 Å². The van der Waals surface area contributed by atoms with Gasteiger partial charge in [-0.25, -0.2) is 13.2 Å². The predicted octanol–water partition coefficient (Wildman–Crippen LogP) is 6.20. The Morgan fingerprint density at radius 3 is 2.82 bits per heavy atom. The van der Waals surface area contributed by atoms with E-state index in [2.05, 4.69) is 9.88 Å². The lowest BCUT2D eigenvalue weighted by Crippen LogP contribution is -2.45. The van der Waals surface area contributed by atoms with Gasteiger partial charge in [0.25, 0.3) is 0 Å². The minimum Gasteiger partial charge on any atom is -0.461 e. The summed E-state index contributed by atoms with van der Waals surface area (Å²) in [5, 5.41) is 20.8. The van der Waals surface area contributed by atoms with Gasteiger partial charge in [0.1, 0.15) is 41.0 Å². The first-order valence-corrected chi connectivity index (χ1v) is 15.8. The number of nitrogens with zero attached hydrogens (tertiary/aromatic N) is 5. The number of halogens is 4. The van der Waals surface area contributed by atoms with E-state index in [9.17, 15) is 19.1 Å². The highest BCUT2D eigenvalue weighted by Gasteiger charge is 2.49. The summed E-state index contributed by atoms with van der Waals surface area (Å²) in [5.41, 5.74) is 5.02. The molecule has 5 heterocycles. The Morgan fingerprint density at radius 2 is 2.05 bits per heavy atom. The Balaban J connectivity index is 1.42. The summed E-state index contributed by atoms with van der Waals surface area (Å²) in [7, 11) is 0. The molecule has 44 heavy (non-hydrogen) atoms. The summed E-state index contributed by atoms with van der Waals surface area (Å²) in [6, 6.07) is 6.07. The first-order valence-electron chi connectivity index (χ1n) is 14.6. The third-order valence-electron chi connectivity index (χ3n) is 9.62. The number of fused-ring (bicyclic) bond motifs is 3. The van der Waals surface area contributed by atoms with Gasteiger partial charge in [0.05, 0.1) is 33.0 Å². The van der Waals surface area contributed by atoms with E-state index in [1.807, 2.05) is 17.9 Å². The van der Waals surface area contributed by atoms with Crippen LogP contribution in [0.5, 0.6) is 6.01 Å². The molecule has 3 fully saturated rings. The smallest absolute Gasteiger partial charge is 0.319 e. The van der Waals surface area contributed by atoms with Crippen molar-refractivity contribution in [1.82, 2.24) is 14.9 Å². The molecular formula is C31H30ClF3N6O2S. The van der Waals surface area contributed by atoms with Crippen LogP contribution in [0.2, 0.25) is 5.02 Å². The first-order chi connectivity index (χ1) is 21.1. The Hall–Kier alpha value is -3.37. The number of thiophene rings is 1. The van der Waals surface area contributed by atoms with Crippen LogP contribution in [-0.4, -0.2) is 70.1 Å². The Labute approximate surface area is 260 Å². The van der Waals surface area contributed by atoms with Crippen molar-refractivity contribution >= 4 is 54.7 Å². The molecular weight excluding hydrogens is 613 g/mol. The molecule has 0 spiro atoms. The summed E-state index contributed by atoms with van der Waals surface area (Å²) < 4.78 is 52.4. The Morgan fingerprint density at radius 1 is 1.25 bits per heavy atom. The van der Waals surface area contributed by atoms with Crippen LogP contribution in [0.15, 0.2) is 18.2 Å². The van der Waals surface area contributed by atoms with Crippen molar-refractivity contribution in [3.63, 3.8) is 0 Å². The van der Waals surface area contributed by atoms with Crippen molar-refractivity contribution in [3.8, 4) is 23.2 Å². The van der Waals surface area contributed by atoms with Crippen LogP contribution < -0.4 is 15.4 Å². The maximum atomic E-state index is 16.9. The zero-order valence-corrected chi connectivity index (χ0v) is 25.5. The lowest BCUT2D eigenvalue weighted by molar-refractivity contribution is 0.107. The number of ether oxygens (including phenoxy) is 1. The molecule has 2 aromatic carbocycles. The molecule has 0 unspecified atom stereocenters. The van der Waals surface area contributed by atoms with Crippen molar-refractivity contribution < 1.29 is 23.0 Å². The van der Waals surface area contributed by atoms with E-state index in [-0.39, 0.29) is 61.5 Å². The van der Waals surface area contributed by atoms with Crippen molar-refractivity contribution in [3.05, 3.63) is 40.4 Å². The minimum absolute atomic E-state index is 0.0143. The van der Waals surface area contributed by atoms with Crippen LogP contribution in [0.4, 0.5) is 24.0 Å². The van der Waals surface area contributed by atoms with Crippen molar-refractivity contribution in [2.75, 3.05) is 43.5 Å². The van der Waals surface area contributed by atoms with Crippen LogP contribution >= 0.6 is 22.9 Å². The molecule has 7 rings (SSSR count). The molecule has 0 radical (unpaired) electrons. The van der Waals surface area contributed by atoms with Gasteiger partial charge in [0.15, 0.2) is 5.82 Å². The Kier molecular flexibility index (Phi) is 7.08. The number of aromatic nitrogens is 2. The molecule has 4 aromatic rings. The number of rotatable bonds is 6. The minimum atomic E-state index is -0.944. The average Bonchev–Trinajstić information content (AvgIpc) is 3.74. The molecule has 3 saturated heterocycles. The van der Waals surface area contributed by atoms with E-state index in [0.29, 0.717) is 37.1 Å². The van der Waals surface area contributed by atoms with Gasteiger partial charge in [-0.05, 0) is 56.8 Å². The van der Waals surface area contributed by atoms with Gasteiger partial charge in [-0.15, -0.1) is 11.3 Å². The SMILES string of the molecule is C[C@@]1(CO)CCCN1c1nc(OC[C@@]23CCCN2C[C@H](F)C3)nc2c(F)c(-c3ccc(F)c4sc(N)c(C#N)c34)c(Cl)cc12. The first kappa shape index (κ1) is 29.3. The molecule has 2 aromatic heterocycles. The monoisotopic (exact) mass is 642 g/mol. The summed E-state index contributed by atoms with van der Waals surface area (Å²) in [5.74, 6) is -1.01.